The minimum Gasteiger partial charge on any atom is -0.375 e. The third kappa shape index (κ3) is 2.05. The van der Waals surface area contributed by atoms with Crippen LogP contribution in [0.25, 0.3) is 0 Å². The predicted octanol–water partition coefficient (Wildman–Crippen LogP) is 2.59. The SMILES string of the molecule is N#Cc1ccnc(NCC2CC3CCC2O3)c1Cl. The van der Waals surface area contributed by atoms with Gasteiger partial charge in [0.15, 0.2) is 0 Å². The fourth-order valence-electron chi connectivity index (χ4n) is 2.84. The van der Waals surface area contributed by atoms with Crippen molar-refractivity contribution in [2.45, 2.75) is 31.5 Å². The Hall–Kier alpha value is -1.31. The molecule has 0 amide bonds. The van der Waals surface area contributed by atoms with E-state index in [2.05, 4.69) is 16.4 Å². The van der Waals surface area contributed by atoms with Gasteiger partial charge < -0.3 is 10.1 Å². The molecule has 3 heterocycles. The number of rotatable bonds is 3. The van der Waals surface area contributed by atoms with E-state index in [-0.39, 0.29) is 0 Å². The highest BCUT2D eigenvalue weighted by molar-refractivity contribution is 6.34. The number of nitriles is 1. The maximum atomic E-state index is 8.90. The highest BCUT2D eigenvalue weighted by Gasteiger charge is 2.40. The summed E-state index contributed by atoms with van der Waals surface area (Å²) in [6.07, 6.45) is 5.92. The second-order valence-electron chi connectivity index (χ2n) is 4.88. The lowest BCUT2D eigenvalue weighted by Gasteiger charge is -2.19. The highest BCUT2D eigenvalue weighted by atomic mass is 35.5. The van der Waals surface area contributed by atoms with Crippen molar-refractivity contribution >= 4 is 17.4 Å². The maximum Gasteiger partial charge on any atom is 0.146 e. The van der Waals surface area contributed by atoms with Crippen molar-refractivity contribution in [2.24, 2.45) is 5.92 Å². The molecule has 2 aliphatic rings. The first-order chi connectivity index (χ1) is 8.78. The van der Waals surface area contributed by atoms with Gasteiger partial charge in [-0.3, -0.25) is 0 Å². The summed E-state index contributed by atoms with van der Waals surface area (Å²) in [6.45, 7) is 0.808. The number of hydrogen-bond acceptors (Lipinski definition) is 4. The van der Waals surface area contributed by atoms with E-state index < -0.39 is 0 Å². The topological polar surface area (TPSA) is 57.9 Å². The molecule has 3 rings (SSSR count). The molecule has 1 aromatic heterocycles. The van der Waals surface area contributed by atoms with Crippen molar-refractivity contribution < 1.29 is 4.74 Å². The molecular weight excluding hydrogens is 250 g/mol. The smallest absolute Gasteiger partial charge is 0.146 e. The van der Waals surface area contributed by atoms with Crippen molar-refractivity contribution in [1.29, 1.82) is 5.26 Å². The zero-order valence-corrected chi connectivity index (χ0v) is 10.7. The van der Waals surface area contributed by atoms with E-state index in [1.54, 1.807) is 12.3 Å². The van der Waals surface area contributed by atoms with Crippen LogP contribution in [0, 0.1) is 17.2 Å². The number of hydrogen-bond donors (Lipinski definition) is 1. The van der Waals surface area contributed by atoms with Gasteiger partial charge in [-0.15, -0.1) is 0 Å². The summed E-state index contributed by atoms with van der Waals surface area (Å²) >= 11 is 6.09. The molecule has 2 aliphatic heterocycles. The summed E-state index contributed by atoms with van der Waals surface area (Å²) < 4.78 is 5.80. The molecule has 4 nitrogen and oxygen atoms in total. The molecule has 0 spiro atoms. The van der Waals surface area contributed by atoms with Gasteiger partial charge in [0.25, 0.3) is 0 Å². The van der Waals surface area contributed by atoms with Crippen molar-refractivity contribution in [3.05, 3.63) is 22.8 Å². The van der Waals surface area contributed by atoms with Crippen molar-refractivity contribution in [3.63, 3.8) is 0 Å². The molecular formula is C13H14ClN3O. The average molecular weight is 264 g/mol. The number of fused-ring (bicyclic) bond motifs is 2. The Morgan fingerprint density at radius 2 is 2.44 bits per heavy atom. The van der Waals surface area contributed by atoms with Gasteiger partial charge in [0.05, 0.1) is 17.8 Å². The van der Waals surface area contributed by atoms with E-state index in [1.807, 2.05) is 0 Å². The quantitative estimate of drug-likeness (QED) is 0.911. The van der Waals surface area contributed by atoms with Gasteiger partial charge >= 0.3 is 0 Å². The summed E-state index contributed by atoms with van der Waals surface area (Å²) in [5.41, 5.74) is 0.457. The van der Waals surface area contributed by atoms with E-state index in [0.29, 0.717) is 34.5 Å². The van der Waals surface area contributed by atoms with Crippen molar-refractivity contribution in [2.75, 3.05) is 11.9 Å². The summed E-state index contributed by atoms with van der Waals surface area (Å²) in [4.78, 5) is 4.17. The van der Waals surface area contributed by atoms with E-state index >= 15 is 0 Å². The number of pyridine rings is 1. The Kier molecular flexibility index (Phi) is 3.11. The van der Waals surface area contributed by atoms with Gasteiger partial charge in [-0.25, -0.2) is 4.98 Å². The van der Waals surface area contributed by atoms with Crippen LogP contribution in [0.2, 0.25) is 5.02 Å². The van der Waals surface area contributed by atoms with Gasteiger partial charge in [-0.1, -0.05) is 11.6 Å². The van der Waals surface area contributed by atoms with Crippen LogP contribution in [0.15, 0.2) is 12.3 Å². The Morgan fingerprint density at radius 1 is 1.56 bits per heavy atom. The lowest BCUT2D eigenvalue weighted by molar-refractivity contribution is 0.0941. The van der Waals surface area contributed by atoms with Crippen LogP contribution in [0.1, 0.15) is 24.8 Å². The van der Waals surface area contributed by atoms with Gasteiger partial charge in [0.2, 0.25) is 0 Å². The second-order valence-corrected chi connectivity index (χ2v) is 5.26. The molecule has 18 heavy (non-hydrogen) atoms. The lowest BCUT2D eigenvalue weighted by atomic mass is 9.89. The number of anilines is 1. The Labute approximate surface area is 111 Å². The molecule has 0 aromatic carbocycles. The lowest BCUT2D eigenvalue weighted by Crippen LogP contribution is -2.24. The van der Waals surface area contributed by atoms with E-state index in [9.17, 15) is 0 Å². The zero-order valence-electron chi connectivity index (χ0n) is 9.90. The molecule has 5 heteroatoms. The number of ether oxygens (including phenoxy) is 1. The molecule has 3 atom stereocenters. The Balaban J connectivity index is 1.65. The standard InChI is InChI=1S/C13H14ClN3O/c14-12-8(6-15)3-4-16-13(12)17-7-9-5-10-1-2-11(9)18-10/h3-4,9-11H,1-2,5,7H2,(H,16,17). The summed E-state index contributed by atoms with van der Waals surface area (Å²) in [5, 5.41) is 12.5. The second kappa shape index (κ2) is 4.75. The molecule has 3 unspecified atom stereocenters. The summed E-state index contributed by atoms with van der Waals surface area (Å²) in [6, 6.07) is 3.67. The van der Waals surface area contributed by atoms with Crippen LogP contribution >= 0.6 is 11.6 Å². The Bertz CT molecular complexity index is 499. The first-order valence-electron chi connectivity index (χ1n) is 6.22. The summed E-state index contributed by atoms with van der Waals surface area (Å²) in [5.74, 6) is 1.13. The number of aromatic nitrogens is 1. The van der Waals surface area contributed by atoms with Crippen LogP contribution in [-0.2, 0) is 4.74 Å². The number of halogens is 1. The third-order valence-electron chi connectivity index (χ3n) is 3.77. The van der Waals surface area contributed by atoms with Gasteiger partial charge in [-0.2, -0.15) is 5.26 Å². The molecule has 1 N–H and O–H groups in total. The average Bonchev–Trinajstić information content (AvgIpc) is 3.00. The first kappa shape index (κ1) is 11.8. The van der Waals surface area contributed by atoms with Gasteiger partial charge in [0.1, 0.15) is 16.9 Å². The zero-order chi connectivity index (χ0) is 12.5. The van der Waals surface area contributed by atoms with Crippen LogP contribution in [0.3, 0.4) is 0 Å². The van der Waals surface area contributed by atoms with E-state index in [0.717, 1.165) is 19.4 Å². The molecule has 2 fully saturated rings. The highest BCUT2D eigenvalue weighted by Crippen LogP contribution is 2.38. The minimum absolute atomic E-state index is 0.389. The van der Waals surface area contributed by atoms with Crippen LogP contribution < -0.4 is 5.32 Å². The van der Waals surface area contributed by atoms with Crippen molar-refractivity contribution in [1.82, 2.24) is 4.98 Å². The minimum atomic E-state index is 0.389. The third-order valence-corrected chi connectivity index (χ3v) is 4.16. The van der Waals surface area contributed by atoms with Gasteiger partial charge in [0, 0.05) is 18.7 Å². The molecule has 0 saturated carbocycles. The Morgan fingerprint density at radius 3 is 3.11 bits per heavy atom. The maximum absolute atomic E-state index is 8.90. The molecule has 1 aromatic rings. The van der Waals surface area contributed by atoms with Crippen LogP contribution in [0.4, 0.5) is 5.82 Å². The normalized spacial score (nSPS) is 29.2. The first-order valence-corrected chi connectivity index (χ1v) is 6.59. The number of nitrogens with one attached hydrogen (secondary N) is 1. The van der Waals surface area contributed by atoms with Crippen LogP contribution in [-0.4, -0.2) is 23.7 Å². The van der Waals surface area contributed by atoms with Crippen molar-refractivity contribution in [3.8, 4) is 6.07 Å². The fourth-order valence-corrected chi connectivity index (χ4v) is 3.06. The molecule has 0 aliphatic carbocycles. The largest absolute Gasteiger partial charge is 0.375 e. The van der Waals surface area contributed by atoms with E-state index in [4.69, 9.17) is 21.6 Å². The number of nitrogens with zero attached hydrogens (tertiary/aromatic N) is 2. The monoisotopic (exact) mass is 263 g/mol. The molecule has 2 saturated heterocycles. The summed E-state index contributed by atoms with van der Waals surface area (Å²) in [7, 11) is 0. The fraction of sp³-hybridized carbons (Fsp3) is 0.538. The molecule has 2 bridgehead atoms. The van der Waals surface area contributed by atoms with E-state index in [1.165, 1.54) is 6.42 Å². The molecule has 94 valence electrons. The van der Waals surface area contributed by atoms with Gasteiger partial charge in [-0.05, 0) is 25.3 Å². The predicted molar refractivity (Wildman–Crippen MR) is 68.5 cm³/mol. The van der Waals surface area contributed by atoms with Crippen LogP contribution in [0.5, 0.6) is 0 Å². The molecule has 0 radical (unpaired) electrons.